The van der Waals surface area contributed by atoms with Crippen LogP contribution in [0.5, 0.6) is 0 Å². The van der Waals surface area contributed by atoms with Gasteiger partial charge in [0.15, 0.2) is 0 Å². The van der Waals surface area contributed by atoms with Gasteiger partial charge in [-0.15, -0.1) is 0 Å². The highest BCUT2D eigenvalue weighted by Gasteiger charge is 2.36. The third-order valence-electron chi connectivity index (χ3n) is 2.48. The van der Waals surface area contributed by atoms with Gasteiger partial charge < -0.3 is 16.0 Å². The third kappa shape index (κ3) is 5.09. The van der Waals surface area contributed by atoms with Crippen molar-refractivity contribution in [3.05, 3.63) is 11.9 Å². The van der Waals surface area contributed by atoms with Crippen molar-refractivity contribution < 1.29 is 18.0 Å². The molecule has 0 saturated heterocycles. The maximum atomic E-state index is 12.8. The van der Waals surface area contributed by atoms with Crippen molar-refractivity contribution in [2.24, 2.45) is 11.7 Å². The van der Waals surface area contributed by atoms with E-state index in [1.807, 2.05) is 13.8 Å². The second kappa shape index (κ2) is 6.59. The summed E-state index contributed by atoms with van der Waals surface area (Å²) >= 11 is 0. The molecule has 0 bridgehead atoms. The zero-order valence-electron chi connectivity index (χ0n) is 12.0. The van der Waals surface area contributed by atoms with Crippen LogP contribution in [0.3, 0.4) is 0 Å². The highest BCUT2D eigenvalue weighted by Crippen LogP contribution is 2.29. The van der Waals surface area contributed by atoms with Crippen LogP contribution in [0.1, 0.15) is 19.7 Å². The van der Waals surface area contributed by atoms with Crippen LogP contribution in [0.25, 0.3) is 0 Å². The summed E-state index contributed by atoms with van der Waals surface area (Å²) in [6, 6.07) is 1.35. The molecule has 0 fully saturated rings. The lowest BCUT2D eigenvalue weighted by Gasteiger charge is -2.25. The lowest BCUT2D eigenvalue weighted by Crippen LogP contribution is -2.37. The average molecular weight is 305 g/mol. The largest absolute Gasteiger partial charge is 0.451 e. The van der Waals surface area contributed by atoms with E-state index in [2.05, 4.69) is 15.3 Å². The van der Waals surface area contributed by atoms with E-state index in [4.69, 9.17) is 5.73 Å². The van der Waals surface area contributed by atoms with E-state index in [0.717, 1.165) is 0 Å². The van der Waals surface area contributed by atoms with Crippen LogP contribution < -0.4 is 16.0 Å². The fourth-order valence-corrected chi connectivity index (χ4v) is 1.72. The molecule has 1 aromatic rings. The first kappa shape index (κ1) is 17.0. The quantitative estimate of drug-likeness (QED) is 0.832. The van der Waals surface area contributed by atoms with Crippen molar-refractivity contribution >= 4 is 17.5 Å². The van der Waals surface area contributed by atoms with Crippen LogP contribution in [-0.4, -0.2) is 36.0 Å². The van der Waals surface area contributed by atoms with Gasteiger partial charge in [-0.25, -0.2) is 9.97 Å². The first-order valence-corrected chi connectivity index (χ1v) is 6.30. The lowest BCUT2D eigenvalue weighted by atomic mass is 10.2. The molecular formula is C12H18F3N5O. The van der Waals surface area contributed by atoms with Gasteiger partial charge in [-0.2, -0.15) is 13.2 Å². The van der Waals surface area contributed by atoms with Crippen molar-refractivity contribution in [1.29, 1.82) is 0 Å². The molecule has 1 heterocycles. The Morgan fingerprint density at radius 3 is 2.48 bits per heavy atom. The molecule has 9 heteroatoms. The maximum Gasteiger partial charge on any atom is 0.451 e. The smallest absolute Gasteiger partial charge is 0.373 e. The minimum absolute atomic E-state index is 0.00850. The molecular weight excluding hydrogens is 287 g/mol. The summed E-state index contributed by atoms with van der Waals surface area (Å²) in [7, 11) is 1.45. The van der Waals surface area contributed by atoms with Gasteiger partial charge >= 0.3 is 6.18 Å². The summed E-state index contributed by atoms with van der Waals surface area (Å²) in [6.07, 6.45) is -4.67. The summed E-state index contributed by atoms with van der Waals surface area (Å²) in [4.78, 5) is 19.4. The predicted molar refractivity (Wildman–Crippen MR) is 72.8 cm³/mol. The molecule has 0 aliphatic rings. The number of amides is 1. The molecule has 1 rings (SSSR count). The van der Waals surface area contributed by atoms with Crippen LogP contribution in [0, 0.1) is 5.92 Å². The van der Waals surface area contributed by atoms with E-state index in [9.17, 15) is 18.0 Å². The fraction of sp³-hybridized carbons (Fsp3) is 0.583. The SMILES string of the molecule is CNc1cc(N(CC(N)=O)CC(C)C)nc(C(F)(F)F)n1. The van der Waals surface area contributed by atoms with Crippen LogP contribution in [0.15, 0.2) is 6.07 Å². The summed E-state index contributed by atoms with van der Waals surface area (Å²) in [5.74, 6) is -1.76. The number of carbonyl (C=O) groups is 1. The Morgan fingerprint density at radius 1 is 1.43 bits per heavy atom. The Bertz CT molecular complexity index is 504. The maximum absolute atomic E-state index is 12.8. The van der Waals surface area contributed by atoms with Gasteiger partial charge in [0.25, 0.3) is 0 Å². The number of hydrogen-bond acceptors (Lipinski definition) is 5. The van der Waals surface area contributed by atoms with Gasteiger partial charge in [-0.05, 0) is 5.92 Å². The standard InChI is InChI=1S/C12H18F3N5O/c1-7(2)5-20(6-8(16)21)10-4-9(17-3)18-11(19-10)12(13,14)15/h4,7H,5-6H2,1-3H3,(H2,16,21)(H,17,18,19). The predicted octanol–water partition coefficient (Wildman–Crippen LogP) is 1.48. The van der Waals surface area contributed by atoms with Crippen molar-refractivity contribution in [2.45, 2.75) is 20.0 Å². The molecule has 0 unspecified atom stereocenters. The molecule has 118 valence electrons. The molecule has 0 aromatic carbocycles. The van der Waals surface area contributed by atoms with Gasteiger partial charge in [-0.3, -0.25) is 4.79 Å². The van der Waals surface area contributed by atoms with E-state index < -0.39 is 17.9 Å². The summed E-state index contributed by atoms with van der Waals surface area (Å²) < 4.78 is 38.4. The van der Waals surface area contributed by atoms with E-state index >= 15 is 0 Å². The minimum atomic E-state index is -4.67. The second-order valence-electron chi connectivity index (χ2n) is 4.92. The third-order valence-corrected chi connectivity index (χ3v) is 2.48. The van der Waals surface area contributed by atoms with Crippen molar-refractivity contribution in [1.82, 2.24) is 9.97 Å². The van der Waals surface area contributed by atoms with Crippen molar-refractivity contribution in [3.8, 4) is 0 Å². The Labute approximate surface area is 120 Å². The number of rotatable bonds is 6. The molecule has 0 radical (unpaired) electrons. The summed E-state index contributed by atoms with van der Waals surface area (Å²) in [6.45, 7) is 3.88. The van der Waals surface area contributed by atoms with Gasteiger partial charge in [0, 0.05) is 19.7 Å². The van der Waals surface area contributed by atoms with Gasteiger partial charge in [0.2, 0.25) is 11.7 Å². The Morgan fingerprint density at radius 2 is 2.05 bits per heavy atom. The minimum Gasteiger partial charge on any atom is -0.373 e. The number of nitrogens with one attached hydrogen (secondary N) is 1. The molecule has 0 aliphatic heterocycles. The molecule has 0 atom stereocenters. The number of alkyl halides is 3. The van der Waals surface area contributed by atoms with Gasteiger partial charge in [0.05, 0.1) is 6.54 Å². The summed E-state index contributed by atoms with van der Waals surface area (Å²) in [5.41, 5.74) is 5.14. The number of nitrogens with zero attached hydrogens (tertiary/aromatic N) is 3. The number of halogens is 3. The Kier molecular flexibility index (Phi) is 5.34. The zero-order chi connectivity index (χ0) is 16.2. The lowest BCUT2D eigenvalue weighted by molar-refractivity contribution is -0.144. The first-order valence-electron chi connectivity index (χ1n) is 6.30. The van der Waals surface area contributed by atoms with E-state index in [-0.39, 0.29) is 24.1 Å². The molecule has 1 aromatic heterocycles. The Hall–Kier alpha value is -2.06. The summed E-state index contributed by atoms with van der Waals surface area (Å²) in [5, 5.41) is 2.55. The zero-order valence-corrected chi connectivity index (χ0v) is 12.0. The second-order valence-corrected chi connectivity index (χ2v) is 4.92. The average Bonchev–Trinajstić information content (AvgIpc) is 2.35. The normalized spacial score (nSPS) is 11.6. The molecule has 1 amide bonds. The molecule has 0 aliphatic carbocycles. The highest BCUT2D eigenvalue weighted by atomic mass is 19.4. The van der Waals surface area contributed by atoms with Crippen molar-refractivity contribution in [3.63, 3.8) is 0 Å². The van der Waals surface area contributed by atoms with Crippen LogP contribution in [0.2, 0.25) is 0 Å². The molecule has 3 N–H and O–H groups in total. The topological polar surface area (TPSA) is 84.1 Å². The first-order chi connectivity index (χ1) is 9.63. The van der Waals surface area contributed by atoms with Crippen LogP contribution in [-0.2, 0) is 11.0 Å². The molecule has 6 nitrogen and oxygen atoms in total. The molecule has 21 heavy (non-hydrogen) atoms. The highest BCUT2D eigenvalue weighted by molar-refractivity contribution is 5.79. The molecule has 0 spiro atoms. The Balaban J connectivity index is 3.25. The number of aromatic nitrogens is 2. The monoisotopic (exact) mass is 305 g/mol. The number of primary amides is 1. The molecule has 0 saturated carbocycles. The van der Waals surface area contributed by atoms with Gasteiger partial charge in [0.1, 0.15) is 11.6 Å². The van der Waals surface area contributed by atoms with E-state index in [1.165, 1.54) is 18.0 Å². The fourth-order valence-electron chi connectivity index (χ4n) is 1.72. The van der Waals surface area contributed by atoms with Crippen molar-refractivity contribution in [2.75, 3.05) is 30.4 Å². The van der Waals surface area contributed by atoms with E-state index in [0.29, 0.717) is 6.54 Å². The number of nitrogens with two attached hydrogens (primary N) is 1. The van der Waals surface area contributed by atoms with E-state index in [1.54, 1.807) is 0 Å². The van der Waals surface area contributed by atoms with Crippen LogP contribution >= 0.6 is 0 Å². The number of hydrogen-bond donors (Lipinski definition) is 2. The van der Waals surface area contributed by atoms with Crippen LogP contribution in [0.4, 0.5) is 24.8 Å². The number of anilines is 2. The van der Waals surface area contributed by atoms with Gasteiger partial charge in [-0.1, -0.05) is 13.8 Å². The number of carbonyl (C=O) groups excluding carboxylic acids is 1.